The van der Waals surface area contributed by atoms with Crippen LogP contribution in [0.4, 0.5) is 24.8 Å². The molecular formula is C10H15F3N4O. The average Bonchev–Trinajstić information content (AvgIpc) is 2.23. The van der Waals surface area contributed by atoms with Crippen LogP contribution in [0.2, 0.25) is 0 Å². The van der Waals surface area contributed by atoms with Gasteiger partial charge in [-0.3, -0.25) is 0 Å². The number of alkyl halides is 3. The van der Waals surface area contributed by atoms with Crippen molar-refractivity contribution in [2.45, 2.75) is 25.6 Å². The first-order chi connectivity index (χ1) is 8.20. The summed E-state index contributed by atoms with van der Waals surface area (Å²) in [7, 11) is 1.57. The Morgan fingerprint density at radius 3 is 2.56 bits per heavy atom. The molecule has 0 amide bonds. The summed E-state index contributed by atoms with van der Waals surface area (Å²) in [6.45, 7) is 1.97. The van der Waals surface area contributed by atoms with Gasteiger partial charge >= 0.3 is 6.18 Å². The first-order valence-corrected chi connectivity index (χ1v) is 5.31. The van der Waals surface area contributed by atoms with Gasteiger partial charge in [-0.15, -0.1) is 0 Å². The maximum absolute atomic E-state index is 12.5. The minimum Gasteiger partial charge on any atom is -0.393 e. The molecule has 5 nitrogen and oxygen atoms in total. The SMILES string of the molecule is CC(O)CCN(C)c1cc(N)nc(C(F)(F)F)n1. The second kappa shape index (κ2) is 5.38. The smallest absolute Gasteiger partial charge is 0.393 e. The highest BCUT2D eigenvalue weighted by Crippen LogP contribution is 2.28. The van der Waals surface area contributed by atoms with Crippen molar-refractivity contribution in [3.8, 4) is 0 Å². The number of aliphatic hydroxyl groups excluding tert-OH is 1. The highest BCUT2D eigenvalue weighted by atomic mass is 19.4. The molecule has 0 aliphatic carbocycles. The van der Waals surface area contributed by atoms with Gasteiger partial charge in [-0.25, -0.2) is 9.97 Å². The number of anilines is 2. The maximum Gasteiger partial charge on any atom is 0.451 e. The summed E-state index contributed by atoms with van der Waals surface area (Å²) >= 11 is 0. The van der Waals surface area contributed by atoms with Crippen molar-refractivity contribution < 1.29 is 18.3 Å². The fraction of sp³-hybridized carbons (Fsp3) is 0.600. The van der Waals surface area contributed by atoms with Gasteiger partial charge in [0.15, 0.2) is 0 Å². The zero-order valence-electron chi connectivity index (χ0n) is 10.1. The van der Waals surface area contributed by atoms with Crippen LogP contribution in [-0.2, 0) is 6.18 Å². The molecule has 0 fully saturated rings. The number of nitrogens with two attached hydrogens (primary N) is 1. The number of halogens is 3. The largest absolute Gasteiger partial charge is 0.451 e. The minimum atomic E-state index is -4.63. The molecule has 1 atom stereocenters. The van der Waals surface area contributed by atoms with E-state index in [1.165, 1.54) is 11.0 Å². The van der Waals surface area contributed by atoms with Gasteiger partial charge in [0.25, 0.3) is 0 Å². The van der Waals surface area contributed by atoms with Crippen molar-refractivity contribution in [3.63, 3.8) is 0 Å². The number of nitrogens with zero attached hydrogens (tertiary/aromatic N) is 3. The van der Waals surface area contributed by atoms with Gasteiger partial charge in [0.05, 0.1) is 6.10 Å². The van der Waals surface area contributed by atoms with E-state index >= 15 is 0 Å². The van der Waals surface area contributed by atoms with Crippen molar-refractivity contribution in [1.82, 2.24) is 9.97 Å². The average molecular weight is 264 g/mol. The Balaban J connectivity index is 2.92. The molecule has 1 aromatic heterocycles. The first kappa shape index (κ1) is 14.5. The van der Waals surface area contributed by atoms with E-state index in [9.17, 15) is 13.2 Å². The van der Waals surface area contributed by atoms with Crippen LogP contribution in [0.15, 0.2) is 6.07 Å². The van der Waals surface area contributed by atoms with E-state index in [4.69, 9.17) is 10.8 Å². The van der Waals surface area contributed by atoms with Gasteiger partial charge in [0.1, 0.15) is 11.6 Å². The zero-order valence-corrected chi connectivity index (χ0v) is 10.1. The third-order valence-corrected chi connectivity index (χ3v) is 2.26. The predicted molar refractivity (Wildman–Crippen MR) is 61.0 cm³/mol. The molecule has 8 heteroatoms. The van der Waals surface area contributed by atoms with Gasteiger partial charge in [0.2, 0.25) is 5.82 Å². The summed E-state index contributed by atoms with van der Waals surface area (Å²) in [6.07, 6.45) is -4.74. The molecule has 0 aliphatic rings. The third kappa shape index (κ3) is 4.02. The maximum atomic E-state index is 12.5. The van der Waals surface area contributed by atoms with Crippen molar-refractivity contribution in [2.75, 3.05) is 24.2 Å². The summed E-state index contributed by atoms with van der Waals surface area (Å²) in [5.74, 6) is -1.42. The molecule has 1 unspecified atom stereocenters. The normalized spacial score (nSPS) is 13.4. The first-order valence-electron chi connectivity index (χ1n) is 5.31. The molecule has 1 heterocycles. The van der Waals surface area contributed by atoms with E-state index in [0.717, 1.165) is 0 Å². The summed E-state index contributed by atoms with van der Waals surface area (Å²) < 4.78 is 37.5. The molecule has 1 rings (SSSR count). The van der Waals surface area contributed by atoms with Gasteiger partial charge < -0.3 is 15.7 Å². The van der Waals surface area contributed by atoms with Crippen LogP contribution in [0.25, 0.3) is 0 Å². The Labute approximate surface area is 102 Å². The summed E-state index contributed by atoms with van der Waals surface area (Å²) in [4.78, 5) is 8.05. The lowest BCUT2D eigenvalue weighted by Gasteiger charge is -2.20. The topological polar surface area (TPSA) is 75.3 Å². The Morgan fingerprint density at radius 1 is 1.44 bits per heavy atom. The van der Waals surface area contributed by atoms with Crippen LogP contribution in [0.5, 0.6) is 0 Å². The lowest BCUT2D eigenvalue weighted by atomic mass is 10.3. The van der Waals surface area contributed by atoms with E-state index in [0.29, 0.717) is 13.0 Å². The van der Waals surface area contributed by atoms with Crippen LogP contribution in [0.3, 0.4) is 0 Å². The number of rotatable bonds is 4. The molecular weight excluding hydrogens is 249 g/mol. The van der Waals surface area contributed by atoms with Gasteiger partial charge in [0, 0.05) is 19.7 Å². The van der Waals surface area contributed by atoms with Gasteiger partial charge in [-0.05, 0) is 13.3 Å². The Morgan fingerprint density at radius 2 is 2.06 bits per heavy atom. The van der Waals surface area contributed by atoms with Crippen molar-refractivity contribution in [1.29, 1.82) is 0 Å². The summed E-state index contributed by atoms with van der Waals surface area (Å²) in [5.41, 5.74) is 5.32. The minimum absolute atomic E-state index is 0.0791. The Hall–Kier alpha value is -1.57. The fourth-order valence-corrected chi connectivity index (χ4v) is 1.27. The summed E-state index contributed by atoms with van der Waals surface area (Å²) in [5, 5.41) is 9.12. The molecule has 0 saturated heterocycles. The van der Waals surface area contributed by atoms with E-state index in [1.807, 2.05) is 0 Å². The van der Waals surface area contributed by atoms with Gasteiger partial charge in [-0.1, -0.05) is 0 Å². The molecule has 3 N–H and O–H groups in total. The molecule has 0 aliphatic heterocycles. The number of nitrogen functional groups attached to an aromatic ring is 1. The van der Waals surface area contributed by atoms with Crippen LogP contribution in [0.1, 0.15) is 19.2 Å². The summed E-state index contributed by atoms with van der Waals surface area (Å²) in [6, 6.07) is 1.26. The number of aromatic nitrogens is 2. The Bertz CT molecular complexity index is 409. The monoisotopic (exact) mass is 264 g/mol. The van der Waals surface area contributed by atoms with Gasteiger partial charge in [-0.2, -0.15) is 13.2 Å². The molecule has 0 bridgehead atoms. The number of hydrogen-bond acceptors (Lipinski definition) is 5. The van der Waals surface area contributed by atoms with E-state index in [2.05, 4.69) is 9.97 Å². The lowest BCUT2D eigenvalue weighted by molar-refractivity contribution is -0.144. The van der Waals surface area contributed by atoms with E-state index in [-0.39, 0.29) is 11.6 Å². The lowest BCUT2D eigenvalue weighted by Crippen LogP contribution is -2.24. The molecule has 0 radical (unpaired) electrons. The fourth-order valence-electron chi connectivity index (χ4n) is 1.27. The second-order valence-electron chi connectivity index (χ2n) is 4.03. The van der Waals surface area contributed by atoms with Crippen molar-refractivity contribution in [2.24, 2.45) is 0 Å². The van der Waals surface area contributed by atoms with Crippen LogP contribution >= 0.6 is 0 Å². The second-order valence-corrected chi connectivity index (χ2v) is 4.03. The van der Waals surface area contributed by atoms with Crippen LogP contribution in [0, 0.1) is 0 Å². The molecule has 102 valence electrons. The highest BCUT2D eigenvalue weighted by Gasteiger charge is 2.35. The molecule has 18 heavy (non-hydrogen) atoms. The molecule has 0 saturated carbocycles. The quantitative estimate of drug-likeness (QED) is 0.857. The number of hydrogen-bond donors (Lipinski definition) is 2. The Kier molecular flexibility index (Phi) is 4.33. The molecule has 0 aromatic carbocycles. The standard InChI is InChI=1S/C10H15F3N4O/c1-6(18)3-4-17(2)8-5-7(14)15-9(16-8)10(11,12)13/h5-6,18H,3-4H2,1-2H3,(H2,14,15,16). The molecule has 0 spiro atoms. The van der Waals surface area contributed by atoms with Crippen LogP contribution < -0.4 is 10.6 Å². The van der Waals surface area contributed by atoms with Crippen molar-refractivity contribution in [3.05, 3.63) is 11.9 Å². The highest BCUT2D eigenvalue weighted by molar-refractivity contribution is 5.46. The van der Waals surface area contributed by atoms with E-state index < -0.39 is 18.1 Å². The molecule has 1 aromatic rings. The van der Waals surface area contributed by atoms with E-state index in [1.54, 1.807) is 14.0 Å². The predicted octanol–water partition coefficient (Wildman–Crippen LogP) is 1.28. The van der Waals surface area contributed by atoms with Crippen molar-refractivity contribution >= 4 is 11.6 Å². The zero-order chi connectivity index (χ0) is 13.9. The van der Waals surface area contributed by atoms with Crippen LogP contribution in [-0.4, -0.2) is 34.8 Å². The third-order valence-electron chi connectivity index (χ3n) is 2.26. The number of aliphatic hydroxyl groups is 1.